The summed E-state index contributed by atoms with van der Waals surface area (Å²) in [7, 11) is -2.29. The number of nitrogens with one attached hydrogen (secondary N) is 2. The van der Waals surface area contributed by atoms with Crippen molar-refractivity contribution in [1.29, 1.82) is 0 Å². The van der Waals surface area contributed by atoms with Gasteiger partial charge < -0.3 is 15.2 Å². The molecule has 1 amide bonds. The average molecular weight is 374 g/mol. The van der Waals surface area contributed by atoms with Crippen LogP contribution in [-0.4, -0.2) is 33.1 Å². The maximum Gasteiger partial charge on any atom is 0.256 e. The summed E-state index contributed by atoms with van der Waals surface area (Å²) in [5.41, 5.74) is 2.02. The van der Waals surface area contributed by atoms with Crippen molar-refractivity contribution in [3.63, 3.8) is 0 Å². The molecular formula is C18H18N2O5S. The number of amides is 1. The number of carbonyl (C=O) groups is 1. The van der Waals surface area contributed by atoms with Crippen LogP contribution >= 0.6 is 0 Å². The molecule has 1 heterocycles. The molecule has 0 fully saturated rings. The fraction of sp³-hybridized carbons (Fsp3) is 0.167. The van der Waals surface area contributed by atoms with E-state index >= 15 is 0 Å². The van der Waals surface area contributed by atoms with Crippen molar-refractivity contribution in [2.24, 2.45) is 0 Å². The maximum absolute atomic E-state index is 12.3. The summed E-state index contributed by atoms with van der Waals surface area (Å²) >= 11 is 0. The van der Waals surface area contributed by atoms with E-state index in [0.29, 0.717) is 34.7 Å². The molecular weight excluding hydrogens is 356 g/mol. The summed E-state index contributed by atoms with van der Waals surface area (Å²) in [5.74, 6) is -0.00953. The van der Waals surface area contributed by atoms with Crippen molar-refractivity contribution >= 4 is 33.3 Å². The molecule has 136 valence electrons. The van der Waals surface area contributed by atoms with Crippen LogP contribution in [0.25, 0.3) is 11.6 Å². The molecule has 8 heteroatoms. The van der Waals surface area contributed by atoms with Gasteiger partial charge in [0.05, 0.1) is 11.5 Å². The number of sulfonamides is 1. The third-order valence-corrected chi connectivity index (χ3v) is 5.36. The van der Waals surface area contributed by atoms with E-state index in [4.69, 9.17) is 4.74 Å². The van der Waals surface area contributed by atoms with E-state index in [0.717, 1.165) is 0 Å². The highest BCUT2D eigenvalue weighted by atomic mass is 32.2. The second-order valence-corrected chi connectivity index (χ2v) is 7.47. The predicted octanol–water partition coefficient (Wildman–Crippen LogP) is 2.19. The zero-order chi connectivity index (χ0) is 18.9. The lowest BCUT2D eigenvalue weighted by Crippen LogP contribution is -2.18. The van der Waals surface area contributed by atoms with Crippen LogP contribution in [0.15, 0.2) is 41.3 Å². The molecule has 0 bridgehead atoms. The van der Waals surface area contributed by atoms with Gasteiger partial charge in [-0.25, -0.2) is 13.1 Å². The molecule has 0 radical (unpaired) electrons. The van der Waals surface area contributed by atoms with Crippen molar-refractivity contribution in [3.05, 3.63) is 47.5 Å². The molecule has 1 aliphatic heterocycles. The largest absolute Gasteiger partial charge is 0.504 e. The average Bonchev–Trinajstić information content (AvgIpc) is 2.93. The van der Waals surface area contributed by atoms with Gasteiger partial charge in [-0.2, -0.15) is 0 Å². The number of benzene rings is 2. The van der Waals surface area contributed by atoms with E-state index in [2.05, 4.69) is 10.0 Å². The molecule has 26 heavy (non-hydrogen) atoms. The Morgan fingerprint density at radius 2 is 2.00 bits per heavy atom. The molecule has 0 unspecified atom stereocenters. The van der Waals surface area contributed by atoms with Crippen LogP contribution in [0.4, 0.5) is 5.69 Å². The minimum atomic E-state index is -3.62. The Labute approximate surface area is 151 Å². The Morgan fingerprint density at radius 3 is 2.69 bits per heavy atom. The molecule has 0 aromatic heterocycles. The van der Waals surface area contributed by atoms with Crippen molar-refractivity contribution < 1.29 is 23.1 Å². The number of hydrogen-bond donors (Lipinski definition) is 3. The summed E-state index contributed by atoms with van der Waals surface area (Å²) in [6.07, 6.45) is 1.62. The lowest BCUT2D eigenvalue weighted by Gasteiger charge is -2.07. The Kier molecular flexibility index (Phi) is 4.71. The second-order valence-electron chi connectivity index (χ2n) is 5.59. The molecule has 1 aliphatic rings. The number of anilines is 1. The van der Waals surface area contributed by atoms with Crippen LogP contribution in [-0.2, 0) is 14.8 Å². The lowest BCUT2D eigenvalue weighted by atomic mass is 10.0. The molecule has 0 atom stereocenters. The monoisotopic (exact) mass is 374 g/mol. The number of carbonyl (C=O) groups excluding carboxylic acids is 1. The summed E-state index contributed by atoms with van der Waals surface area (Å²) in [6.45, 7) is 2.19. The number of phenols is 1. The number of phenolic OH excluding ortho intramolecular Hbond substituents is 1. The number of fused-ring (bicyclic) bond motifs is 1. The van der Waals surface area contributed by atoms with Gasteiger partial charge in [-0.15, -0.1) is 0 Å². The van der Waals surface area contributed by atoms with Crippen LogP contribution in [0.2, 0.25) is 0 Å². The zero-order valence-corrected chi connectivity index (χ0v) is 15.1. The van der Waals surface area contributed by atoms with Crippen molar-refractivity contribution in [2.75, 3.05) is 19.0 Å². The van der Waals surface area contributed by atoms with E-state index < -0.39 is 10.0 Å². The molecule has 2 aromatic carbocycles. The van der Waals surface area contributed by atoms with Crippen LogP contribution in [0.3, 0.4) is 0 Å². The van der Waals surface area contributed by atoms with Crippen molar-refractivity contribution in [1.82, 2.24) is 4.72 Å². The van der Waals surface area contributed by atoms with Gasteiger partial charge in [0.2, 0.25) is 10.0 Å². The van der Waals surface area contributed by atoms with E-state index in [-0.39, 0.29) is 16.6 Å². The van der Waals surface area contributed by atoms with Crippen LogP contribution < -0.4 is 14.8 Å². The fourth-order valence-corrected chi connectivity index (χ4v) is 3.41. The Morgan fingerprint density at radius 1 is 1.23 bits per heavy atom. The van der Waals surface area contributed by atoms with Gasteiger partial charge in [-0.05, 0) is 55.9 Å². The summed E-state index contributed by atoms with van der Waals surface area (Å²) in [4.78, 5) is 12.4. The minimum absolute atomic E-state index is 0.00711. The molecule has 0 saturated carbocycles. The first-order chi connectivity index (χ1) is 12.4. The van der Waals surface area contributed by atoms with Gasteiger partial charge >= 0.3 is 0 Å². The molecule has 0 aliphatic carbocycles. The van der Waals surface area contributed by atoms with E-state index in [1.807, 2.05) is 0 Å². The first kappa shape index (κ1) is 18.0. The Bertz CT molecular complexity index is 1010. The number of ether oxygens (including phenoxy) is 1. The predicted molar refractivity (Wildman–Crippen MR) is 98.5 cm³/mol. The summed E-state index contributed by atoms with van der Waals surface area (Å²) < 4.78 is 31.6. The molecule has 0 spiro atoms. The standard InChI is InChI=1S/C18H18N2O5S/c1-3-25-17-9-11(4-7-16(17)21)8-14-13-10-12(26(23,24)19-2)5-6-15(13)20-18(14)22/h4-10,19,21H,3H2,1-2H3,(H,20,22). The third kappa shape index (κ3) is 3.29. The summed E-state index contributed by atoms with van der Waals surface area (Å²) in [6, 6.07) is 9.18. The number of aromatic hydroxyl groups is 1. The minimum Gasteiger partial charge on any atom is -0.504 e. The summed E-state index contributed by atoms with van der Waals surface area (Å²) in [5, 5.41) is 12.5. The van der Waals surface area contributed by atoms with Gasteiger partial charge in [0.25, 0.3) is 5.91 Å². The number of rotatable bonds is 5. The molecule has 3 rings (SSSR count). The first-order valence-electron chi connectivity index (χ1n) is 7.92. The highest BCUT2D eigenvalue weighted by molar-refractivity contribution is 7.89. The lowest BCUT2D eigenvalue weighted by molar-refractivity contribution is -0.110. The van der Waals surface area contributed by atoms with Gasteiger partial charge in [-0.3, -0.25) is 4.79 Å². The smallest absolute Gasteiger partial charge is 0.256 e. The van der Waals surface area contributed by atoms with Gasteiger partial charge in [-0.1, -0.05) is 6.07 Å². The van der Waals surface area contributed by atoms with E-state index in [1.54, 1.807) is 31.2 Å². The van der Waals surface area contributed by atoms with Crippen molar-refractivity contribution in [3.8, 4) is 11.5 Å². The van der Waals surface area contributed by atoms with Gasteiger partial charge in [0.15, 0.2) is 11.5 Å². The normalized spacial score (nSPS) is 15.0. The first-order valence-corrected chi connectivity index (χ1v) is 9.41. The number of hydrogen-bond acceptors (Lipinski definition) is 5. The van der Waals surface area contributed by atoms with E-state index in [1.165, 1.54) is 25.2 Å². The SMILES string of the molecule is CCOc1cc(C=C2C(=O)Nc3ccc(S(=O)(=O)NC)cc32)ccc1O. The molecule has 2 aromatic rings. The highest BCUT2D eigenvalue weighted by Gasteiger charge is 2.26. The topological polar surface area (TPSA) is 105 Å². The van der Waals surface area contributed by atoms with Crippen molar-refractivity contribution in [2.45, 2.75) is 11.8 Å². The fourth-order valence-electron chi connectivity index (χ4n) is 2.65. The molecule has 7 nitrogen and oxygen atoms in total. The third-order valence-electron chi connectivity index (χ3n) is 3.95. The molecule has 0 saturated heterocycles. The van der Waals surface area contributed by atoms with Gasteiger partial charge in [0, 0.05) is 16.8 Å². The van der Waals surface area contributed by atoms with Crippen LogP contribution in [0, 0.1) is 0 Å². The Balaban J connectivity index is 2.08. The Hall–Kier alpha value is -2.84. The second kappa shape index (κ2) is 6.81. The molecule has 3 N–H and O–H groups in total. The van der Waals surface area contributed by atoms with Crippen LogP contribution in [0.5, 0.6) is 11.5 Å². The van der Waals surface area contributed by atoms with E-state index in [9.17, 15) is 18.3 Å². The quantitative estimate of drug-likeness (QED) is 0.696. The zero-order valence-electron chi connectivity index (χ0n) is 14.2. The highest BCUT2D eigenvalue weighted by Crippen LogP contribution is 2.36. The van der Waals surface area contributed by atoms with Gasteiger partial charge in [0.1, 0.15) is 0 Å². The maximum atomic E-state index is 12.3. The van der Waals surface area contributed by atoms with Crippen LogP contribution in [0.1, 0.15) is 18.1 Å².